The first-order valence-corrected chi connectivity index (χ1v) is 11.8. The minimum Gasteiger partial charge on any atom is -0.484 e. The third kappa shape index (κ3) is 6.59. The van der Waals surface area contributed by atoms with Crippen LogP contribution in [0.3, 0.4) is 0 Å². The highest BCUT2D eigenvalue weighted by Crippen LogP contribution is 2.19. The van der Waals surface area contributed by atoms with Gasteiger partial charge in [0, 0.05) is 12.6 Å². The summed E-state index contributed by atoms with van der Waals surface area (Å²) in [5, 5.41) is 3.18. The van der Waals surface area contributed by atoms with Gasteiger partial charge in [-0.15, -0.1) is 0 Å². The van der Waals surface area contributed by atoms with Crippen molar-refractivity contribution in [2.75, 3.05) is 13.2 Å². The quantitative estimate of drug-likeness (QED) is 0.593. The van der Waals surface area contributed by atoms with Gasteiger partial charge in [0.1, 0.15) is 11.8 Å². The van der Waals surface area contributed by atoms with Crippen LogP contribution in [0, 0.1) is 13.8 Å². The smallest absolute Gasteiger partial charge is 0.261 e. The molecule has 172 valence electrons. The maximum atomic E-state index is 13.3. The molecule has 1 N–H and O–H groups in total. The predicted octanol–water partition coefficient (Wildman–Crippen LogP) is 4.59. The Hall–Kier alpha value is -2.82. The summed E-state index contributed by atoms with van der Waals surface area (Å²) in [4.78, 5) is 28.1. The maximum Gasteiger partial charge on any atom is 0.261 e. The Morgan fingerprint density at radius 1 is 1.06 bits per heavy atom. The average molecular weight is 437 g/mol. The molecule has 5 heteroatoms. The Bertz CT molecular complexity index is 891. The zero-order chi connectivity index (χ0) is 22.9. The molecule has 0 saturated heterocycles. The fourth-order valence-electron chi connectivity index (χ4n) is 4.30. The molecule has 0 bridgehead atoms. The molecule has 1 atom stereocenters. The van der Waals surface area contributed by atoms with Gasteiger partial charge < -0.3 is 15.0 Å². The van der Waals surface area contributed by atoms with Crippen LogP contribution in [0.4, 0.5) is 0 Å². The second kappa shape index (κ2) is 11.7. The number of hydrogen-bond donors (Lipinski definition) is 1. The van der Waals surface area contributed by atoms with Gasteiger partial charge in [-0.1, -0.05) is 56.2 Å². The number of nitrogens with one attached hydrogen (secondary N) is 1. The van der Waals surface area contributed by atoms with Crippen molar-refractivity contribution in [3.05, 3.63) is 65.2 Å². The topological polar surface area (TPSA) is 58.6 Å². The lowest BCUT2D eigenvalue weighted by Crippen LogP contribution is -2.52. The lowest BCUT2D eigenvalue weighted by molar-refractivity contribution is -0.142. The van der Waals surface area contributed by atoms with Gasteiger partial charge in [-0.3, -0.25) is 9.59 Å². The van der Waals surface area contributed by atoms with E-state index in [1.807, 2.05) is 69.3 Å². The van der Waals surface area contributed by atoms with E-state index < -0.39 is 6.04 Å². The summed E-state index contributed by atoms with van der Waals surface area (Å²) in [7, 11) is 0. The molecule has 0 aliphatic heterocycles. The fraction of sp³-hybridized carbons (Fsp3) is 0.481. The minimum atomic E-state index is -0.491. The summed E-state index contributed by atoms with van der Waals surface area (Å²) < 4.78 is 5.82. The number of amides is 2. The van der Waals surface area contributed by atoms with Crippen LogP contribution in [0.1, 0.15) is 55.7 Å². The van der Waals surface area contributed by atoms with Gasteiger partial charge in [0.15, 0.2) is 6.61 Å². The van der Waals surface area contributed by atoms with Gasteiger partial charge in [0.05, 0.1) is 0 Å². The lowest BCUT2D eigenvalue weighted by Gasteiger charge is -2.31. The number of carbonyl (C=O) groups is 2. The van der Waals surface area contributed by atoms with Crippen LogP contribution in [0.25, 0.3) is 0 Å². The van der Waals surface area contributed by atoms with Crippen LogP contribution in [0.15, 0.2) is 48.5 Å². The summed E-state index contributed by atoms with van der Waals surface area (Å²) in [6.07, 6.45) is 5.63. The largest absolute Gasteiger partial charge is 0.484 e. The van der Waals surface area contributed by atoms with E-state index in [9.17, 15) is 9.59 Å². The summed E-state index contributed by atoms with van der Waals surface area (Å²) in [6, 6.07) is 15.6. The van der Waals surface area contributed by atoms with Crippen LogP contribution >= 0.6 is 0 Å². The molecule has 2 aromatic rings. The number of benzene rings is 2. The van der Waals surface area contributed by atoms with Crippen molar-refractivity contribution < 1.29 is 14.3 Å². The average Bonchev–Trinajstić information content (AvgIpc) is 3.30. The fourth-order valence-corrected chi connectivity index (χ4v) is 4.30. The molecule has 0 unspecified atom stereocenters. The first kappa shape index (κ1) is 23.8. The first-order chi connectivity index (χ1) is 15.5. The molecule has 2 amide bonds. The standard InChI is InChI=1S/C27H36N2O3/c1-4-25(27(31)28-23-12-8-9-13-23)29(17-16-22-10-6-5-7-11-22)26(30)19-32-24-15-14-20(2)21(3)18-24/h5-7,10-11,14-15,18,23,25H,4,8-9,12-13,16-17,19H2,1-3H3,(H,28,31)/t25-/m0/s1. The number of carbonyl (C=O) groups excluding carboxylic acids is 2. The van der Waals surface area contributed by atoms with E-state index in [4.69, 9.17) is 4.74 Å². The molecular formula is C27H36N2O3. The van der Waals surface area contributed by atoms with Gasteiger partial charge in [0.2, 0.25) is 5.91 Å². The Morgan fingerprint density at radius 3 is 2.44 bits per heavy atom. The van der Waals surface area contributed by atoms with E-state index in [2.05, 4.69) is 5.32 Å². The van der Waals surface area contributed by atoms with Gasteiger partial charge in [-0.2, -0.15) is 0 Å². The normalized spacial score (nSPS) is 14.7. The number of hydrogen-bond acceptors (Lipinski definition) is 3. The Balaban J connectivity index is 1.70. The molecule has 2 aromatic carbocycles. The van der Waals surface area contributed by atoms with Gasteiger partial charge >= 0.3 is 0 Å². The van der Waals surface area contributed by atoms with Crippen LogP contribution in [-0.4, -0.2) is 41.9 Å². The molecule has 1 fully saturated rings. The van der Waals surface area contributed by atoms with E-state index in [1.165, 1.54) is 5.56 Å². The highest BCUT2D eigenvalue weighted by atomic mass is 16.5. The monoisotopic (exact) mass is 436 g/mol. The summed E-state index contributed by atoms with van der Waals surface area (Å²) >= 11 is 0. The predicted molar refractivity (Wildman–Crippen MR) is 128 cm³/mol. The van der Waals surface area contributed by atoms with E-state index in [-0.39, 0.29) is 24.5 Å². The molecule has 1 aliphatic rings. The van der Waals surface area contributed by atoms with E-state index in [0.29, 0.717) is 25.1 Å². The highest BCUT2D eigenvalue weighted by Gasteiger charge is 2.30. The second-order valence-electron chi connectivity index (χ2n) is 8.77. The van der Waals surface area contributed by atoms with E-state index in [0.717, 1.165) is 36.8 Å². The van der Waals surface area contributed by atoms with Crippen molar-refractivity contribution in [3.63, 3.8) is 0 Å². The van der Waals surface area contributed by atoms with E-state index >= 15 is 0 Å². The van der Waals surface area contributed by atoms with Crippen molar-refractivity contribution in [2.24, 2.45) is 0 Å². The molecule has 32 heavy (non-hydrogen) atoms. The number of nitrogens with zero attached hydrogens (tertiary/aromatic N) is 1. The van der Waals surface area contributed by atoms with Crippen molar-refractivity contribution in [1.29, 1.82) is 0 Å². The van der Waals surface area contributed by atoms with Crippen molar-refractivity contribution in [2.45, 2.75) is 71.4 Å². The van der Waals surface area contributed by atoms with Crippen LogP contribution in [0.5, 0.6) is 5.75 Å². The number of ether oxygens (including phenoxy) is 1. The summed E-state index contributed by atoms with van der Waals surface area (Å²) in [6.45, 7) is 6.44. The Morgan fingerprint density at radius 2 is 1.78 bits per heavy atom. The maximum absolute atomic E-state index is 13.3. The molecule has 0 radical (unpaired) electrons. The Labute approximate surface area is 192 Å². The van der Waals surface area contributed by atoms with Crippen LogP contribution in [-0.2, 0) is 16.0 Å². The van der Waals surface area contributed by atoms with Gasteiger partial charge in [-0.05, 0) is 68.4 Å². The molecular weight excluding hydrogens is 400 g/mol. The third-order valence-electron chi connectivity index (χ3n) is 6.41. The van der Waals surface area contributed by atoms with Gasteiger partial charge in [0.25, 0.3) is 5.91 Å². The third-order valence-corrected chi connectivity index (χ3v) is 6.41. The molecule has 0 spiro atoms. The second-order valence-corrected chi connectivity index (χ2v) is 8.77. The molecule has 3 rings (SSSR count). The van der Waals surface area contributed by atoms with Gasteiger partial charge in [-0.25, -0.2) is 0 Å². The number of aryl methyl sites for hydroxylation is 2. The number of rotatable bonds is 10. The van der Waals surface area contributed by atoms with Crippen LogP contribution < -0.4 is 10.1 Å². The SMILES string of the molecule is CC[C@@H](C(=O)NC1CCCC1)N(CCc1ccccc1)C(=O)COc1ccc(C)c(C)c1. The zero-order valence-electron chi connectivity index (χ0n) is 19.6. The first-order valence-electron chi connectivity index (χ1n) is 11.8. The van der Waals surface area contributed by atoms with Crippen molar-refractivity contribution >= 4 is 11.8 Å². The molecule has 0 aromatic heterocycles. The highest BCUT2D eigenvalue weighted by molar-refractivity contribution is 5.88. The molecule has 1 aliphatic carbocycles. The minimum absolute atomic E-state index is 0.0491. The zero-order valence-corrected chi connectivity index (χ0v) is 19.6. The van der Waals surface area contributed by atoms with E-state index in [1.54, 1.807) is 4.90 Å². The lowest BCUT2D eigenvalue weighted by atomic mass is 10.1. The molecule has 5 nitrogen and oxygen atoms in total. The van der Waals surface area contributed by atoms with Crippen LogP contribution in [0.2, 0.25) is 0 Å². The Kier molecular flexibility index (Phi) is 8.72. The van der Waals surface area contributed by atoms with Crippen molar-refractivity contribution in [3.8, 4) is 5.75 Å². The summed E-state index contributed by atoms with van der Waals surface area (Å²) in [5.74, 6) is 0.465. The summed E-state index contributed by atoms with van der Waals surface area (Å²) in [5.41, 5.74) is 3.45. The van der Waals surface area contributed by atoms with Crippen molar-refractivity contribution in [1.82, 2.24) is 10.2 Å². The molecule has 0 heterocycles. The molecule has 1 saturated carbocycles.